The van der Waals surface area contributed by atoms with Crippen LogP contribution in [0, 0.1) is 5.92 Å². The SMILES string of the molecule is C=CCN(C(=O)C1CCCC1N)C1CC1. The molecule has 0 aromatic rings. The summed E-state index contributed by atoms with van der Waals surface area (Å²) in [6, 6.07) is 0.562. The summed E-state index contributed by atoms with van der Waals surface area (Å²) in [6.45, 7) is 4.40. The van der Waals surface area contributed by atoms with Crippen LogP contribution < -0.4 is 5.73 Å². The van der Waals surface area contributed by atoms with Crippen molar-refractivity contribution in [2.75, 3.05) is 6.54 Å². The number of hydrogen-bond donors (Lipinski definition) is 1. The molecule has 2 atom stereocenters. The van der Waals surface area contributed by atoms with Crippen molar-refractivity contribution in [1.82, 2.24) is 4.90 Å². The third kappa shape index (κ3) is 2.23. The maximum Gasteiger partial charge on any atom is 0.227 e. The van der Waals surface area contributed by atoms with E-state index < -0.39 is 0 Å². The van der Waals surface area contributed by atoms with Gasteiger partial charge >= 0.3 is 0 Å². The van der Waals surface area contributed by atoms with Crippen molar-refractivity contribution < 1.29 is 4.79 Å². The van der Waals surface area contributed by atoms with E-state index in [1.165, 1.54) is 0 Å². The molecule has 2 saturated carbocycles. The van der Waals surface area contributed by atoms with Crippen LogP contribution >= 0.6 is 0 Å². The average Bonchev–Trinajstić information content (AvgIpc) is 2.97. The lowest BCUT2D eigenvalue weighted by molar-refractivity contribution is -0.135. The van der Waals surface area contributed by atoms with Crippen LogP contribution in [0.1, 0.15) is 32.1 Å². The van der Waals surface area contributed by atoms with Crippen LogP contribution in [-0.4, -0.2) is 29.4 Å². The lowest BCUT2D eigenvalue weighted by Gasteiger charge is -2.26. The largest absolute Gasteiger partial charge is 0.336 e. The Kier molecular flexibility index (Phi) is 3.10. The quantitative estimate of drug-likeness (QED) is 0.708. The molecule has 0 aromatic carbocycles. The van der Waals surface area contributed by atoms with E-state index in [4.69, 9.17) is 5.73 Å². The third-order valence-corrected chi connectivity index (χ3v) is 3.48. The van der Waals surface area contributed by atoms with Gasteiger partial charge in [0.2, 0.25) is 5.91 Å². The molecule has 2 aliphatic rings. The van der Waals surface area contributed by atoms with E-state index in [0.29, 0.717) is 12.6 Å². The fourth-order valence-corrected chi connectivity index (χ4v) is 2.45. The van der Waals surface area contributed by atoms with Gasteiger partial charge < -0.3 is 10.6 Å². The number of hydrogen-bond acceptors (Lipinski definition) is 2. The van der Waals surface area contributed by atoms with E-state index in [1.807, 2.05) is 11.0 Å². The molecule has 0 spiro atoms. The lowest BCUT2D eigenvalue weighted by Crippen LogP contribution is -2.42. The monoisotopic (exact) mass is 208 g/mol. The van der Waals surface area contributed by atoms with Gasteiger partial charge in [0, 0.05) is 18.6 Å². The van der Waals surface area contributed by atoms with Crippen LogP contribution in [0.15, 0.2) is 12.7 Å². The molecule has 15 heavy (non-hydrogen) atoms. The van der Waals surface area contributed by atoms with Gasteiger partial charge in [0.1, 0.15) is 0 Å². The molecule has 2 N–H and O–H groups in total. The Bertz CT molecular complexity index is 260. The van der Waals surface area contributed by atoms with Crippen molar-refractivity contribution in [2.24, 2.45) is 11.7 Å². The molecule has 0 heterocycles. The number of rotatable bonds is 4. The molecular weight excluding hydrogens is 188 g/mol. The summed E-state index contributed by atoms with van der Waals surface area (Å²) in [5, 5.41) is 0. The highest BCUT2D eigenvalue weighted by molar-refractivity contribution is 5.80. The van der Waals surface area contributed by atoms with Gasteiger partial charge in [0.15, 0.2) is 0 Å². The maximum absolute atomic E-state index is 12.2. The first-order valence-electron chi connectivity index (χ1n) is 5.91. The Morgan fingerprint density at radius 2 is 2.13 bits per heavy atom. The maximum atomic E-state index is 12.2. The molecule has 84 valence electrons. The molecule has 0 aromatic heterocycles. The van der Waals surface area contributed by atoms with E-state index in [2.05, 4.69) is 6.58 Å². The molecule has 0 bridgehead atoms. The highest BCUT2D eigenvalue weighted by atomic mass is 16.2. The van der Waals surface area contributed by atoms with Crippen LogP contribution in [0.5, 0.6) is 0 Å². The zero-order valence-corrected chi connectivity index (χ0v) is 9.19. The van der Waals surface area contributed by atoms with Crippen molar-refractivity contribution in [3.8, 4) is 0 Å². The summed E-state index contributed by atoms with van der Waals surface area (Å²) in [5.41, 5.74) is 5.96. The van der Waals surface area contributed by atoms with Crippen LogP contribution in [0.3, 0.4) is 0 Å². The summed E-state index contributed by atoms with van der Waals surface area (Å²) in [4.78, 5) is 14.2. The molecule has 2 unspecified atom stereocenters. The van der Waals surface area contributed by atoms with E-state index in [-0.39, 0.29) is 17.9 Å². The van der Waals surface area contributed by atoms with E-state index in [0.717, 1.165) is 32.1 Å². The Morgan fingerprint density at radius 3 is 2.60 bits per heavy atom. The Morgan fingerprint density at radius 1 is 1.40 bits per heavy atom. The van der Waals surface area contributed by atoms with Gasteiger partial charge in [-0.15, -0.1) is 6.58 Å². The number of amides is 1. The molecule has 0 saturated heterocycles. The van der Waals surface area contributed by atoms with Crippen molar-refractivity contribution in [3.05, 3.63) is 12.7 Å². The van der Waals surface area contributed by atoms with Crippen LogP contribution in [-0.2, 0) is 4.79 Å². The molecule has 0 aliphatic heterocycles. The van der Waals surface area contributed by atoms with Crippen molar-refractivity contribution in [3.63, 3.8) is 0 Å². The summed E-state index contributed by atoms with van der Waals surface area (Å²) in [7, 11) is 0. The topological polar surface area (TPSA) is 46.3 Å². The van der Waals surface area contributed by atoms with Gasteiger partial charge in [-0.3, -0.25) is 4.79 Å². The molecule has 2 rings (SSSR count). The van der Waals surface area contributed by atoms with E-state index in [1.54, 1.807) is 0 Å². The van der Waals surface area contributed by atoms with E-state index in [9.17, 15) is 4.79 Å². The van der Waals surface area contributed by atoms with Crippen molar-refractivity contribution in [2.45, 2.75) is 44.2 Å². The molecule has 3 nitrogen and oxygen atoms in total. The summed E-state index contributed by atoms with van der Waals surface area (Å²) >= 11 is 0. The first-order valence-corrected chi connectivity index (χ1v) is 5.91. The number of nitrogens with zero attached hydrogens (tertiary/aromatic N) is 1. The lowest BCUT2D eigenvalue weighted by atomic mass is 10.0. The second-order valence-corrected chi connectivity index (χ2v) is 4.71. The van der Waals surface area contributed by atoms with Gasteiger partial charge in [-0.1, -0.05) is 12.5 Å². The van der Waals surface area contributed by atoms with Gasteiger partial charge in [-0.25, -0.2) is 0 Å². The van der Waals surface area contributed by atoms with Crippen LogP contribution in [0.25, 0.3) is 0 Å². The van der Waals surface area contributed by atoms with Gasteiger partial charge in [-0.2, -0.15) is 0 Å². The molecule has 2 aliphatic carbocycles. The number of carbonyl (C=O) groups is 1. The van der Waals surface area contributed by atoms with Crippen LogP contribution in [0.4, 0.5) is 0 Å². The van der Waals surface area contributed by atoms with Gasteiger partial charge in [0.05, 0.1) is 5.92 Å². The predicted molar refractivity (Wildman–Crippen MR) is 60.2 cm³/mol. The minimum Gasteiger partial charge on any atom is -0.336 e. The average molecular weight is 208 g/mol. The second-order valence-electron chi connectivity index (χ2n) is 4.71. The summed E-state index contributed by atoms with van der Waals surface area (Å²) < 4.78 is 0. The Balaban J connectivity index is 1.99. The molecule has 0 radical (unpaired) electrons. The first kappa shape index (κ1) is 10.7. The zero-order chi connectivity index (χ0) is 10.8. The minimum absolute atomic E-state index is 0.0746. The molecule has 1 amide bonds. The minimum atomic E-state index is 0.0746. The first-order chi connectivity index (χ1) is 7.24. The molecule has 2 fully saturated rings. The van der Waals surface area contributed by atoms with Crippen molar-refractivity contribution >= 4 is 5.91 Å². The second kappa shape index (κ2) is 4.35. The highest BCUT2D eigenvalue weighted by Gasteiger charge is 2.38. The van der Waals surface area contributed by atoms with Gasteiger partial charge in [-0.05, 0) is 25.7 Å². The number of nitrogens with two attached hydrogens (primary N) is 1. The molecular formula is C12H20N2O. The zero-order valence-electron chi connectivity index (χ0n) is 9.19. The van der Waals surface area contributed by atoms with Crippen LogP contribution in [0.2, 0.25) is 0 Å². The molecule has 3 heteroatoms. The third-order valence-electron chi connectivity index (χ3n) is 3.48. The predicted octanol–water partition coefficient (Wildman–Crippen LogP) is 1.29. The Labute approximate surface area is 91.3 Å². The summed E-state index contributed by atoms with van der Waals surface area (Å²) in [6.07, 6.45) is 7.20. The highest BCUT2D eigenvalue weighted by Crippen LogP contribution is 2.32. The fraction of sp³-hybridized carbons (Fsp3) is 0.750. The summed E-state index contributed by atoms with van der Waals surface area (Å²) in [5.74, 6) is 0.341. The standard InChI is InChI=1S/C12H20N2O/c1-2-8-14(9-6-7-9)12(15)10-4-3-5-11(10)13/h2,9-11H,1,3-8,13H2. The van der Waals surface area contributed by atoms with Crippen molar-refractivity contribution in [1.29, 1.82) is 0 Å². The van der Waals surface area contributed by atoms with Gasteiger partial charge in [0.25, 0.3) is 0 Å². The normalized spacial score (nSPS) is 30.2. The van der Waals surface area contributed by atoms with E-state index >= 15 is 0 Å². The fourth-order valence-electron chi connectivity index (χ4n) is 2.45. The Hall–Kier alpha value is -0.830. The smallest absolute Gasteiger partial charge is 0.227 e. The number of carbonyl (C=O) groups excluding carboxylic acids is 1.